The van der Waals surface area contributed by atoms with Gasteiger partial charge in [0, 0.05) is 0 Å². The molecule has 0 spiro atoms. The summed E-state index contributed by atoms with van der Waals surface area (Å²) in [5, 5.41) is 3.88. The molecular weight excluding hydrogens is 260 g/mol. The van der Waals surface area contributed by atoms with Crippen LogP contribution in [0.1, 0.15) is 24.9 Å². The van der Waals surface area contributed by atoms with Gasteiger partial charge >= 0.3 is 0 Å². The van der Waals surface area contributed by atoms with Gasteiger partial charge in [0.2, 0.25) is 0 Å². The van der Waals surface area contributed by atoms with Gasteiger partial charge in [-0.3, -0.25) is 0 Å². The molecule has 1 unspecified atom stereocenters. The van der Waals surface area contributed by atoms with E-state index in [0.29, 0.717) is 5.15 Å². The number of pyridine rings is 1. The van der Waals surface area contributed by atoms with E-state index in [-0.39, 0.29) is 6.04 Å². The first-order valence-electron chi connectivity index (χ1n) is 6.26. The first kappa shape index (κ1) is 13.7. The molecule has 3 nitrogen and oxygen atoms in total. The molecule has 0 fully saturated rings. The van der Waals surface area contributed by atoms with Gasteiger partial charge in [-0.1, -0.05) is 36.7 Å². The molecule has 0 amide bonds. The molecule has 19 heavy (non-hydrogen) atoms. The fourth-order valence-electron chi connectivity index (χ4n) is 1.92. The van der Waals surface area contributed by atoms with Crippen LogP contribution in [-0.2, 0) is 0 Å². The quantitative estimate of drug-likeness (QED) is 0.827. The maximum atomic E-state index is 5.89. The number of aromatic nitrogens is 1. The van der Waals surface area contributed by atoms with Crippen molar-refractivity contribution in [1.29, 1.82) is 0 Å². The Bertz CT molecular complexity index is 528. The molecule has 1 atom stereocenters. The minimum Gasteiger partial charge on any atom is -0.497 e. The van der Waals surface area contributed by atoms with Crippen LogP contribution in [0.2, 0.25) is 5.15 Å². The Kier molecular flexibility index (Phi) is 4.63. The number of rotatable bonds is 5. The minimum atomic E-state index is 0.205. The van der Waals surface area contributed by atoms with Gasteiger partial charge in [-0.05, 0) is 36.2 Å². The summed E-state index contributed by atoms with van der Waals surface area (Å²) in [5.74, 6) is 1.65. The van der Waals surface area contributed by atoms with Gasteiger partial charge in [0.15, 0.2) is 0 Å². The first-order valence-corrected chi connectivity index (χ1v) is 6.63. The summed E-state index contributed by atoms with van der Waals surface area (Å²) in [6.07, 6.45) is 0.959. The minimum absolute atomic E-state index is 0.205. The van der Waals surface area contributed by atoms with Gasteiger partial charge in [-0.2, -0.15) is 0 Å². The highest BCUT2D eigenvalue weighted by Gasteiger charge is 2.10. The molecule has 1 aromatic heterocycles. The van der Waals surface area contributed by atoms with E-state index in [1.807, 2.05) is 24.3 Å². The van der Waals surface area contributed by atoms with E-state index < -0.39 is 0 Å². The second-order valence-electron chi connectivity index (χ2n) is 4.22. The Hall–Kier alpha value is -1.74. The van der Waals surface area contributed by atoms with Crippen LogP contribution in [0.3, 0.4) is 0 Å². The lowest BCUT2D eigenvalue weighted by Crippen LogP contribution is -2.10. The molecule has 0 aliphatic rings. The third-order valence-corrected chi connectivity index (χ3v) is 3.17. The van der Waals surface area contributed by atoms with Crippen LogP contribution in [0, 0.1) is 0 Å². The zero-order chi connectivity index (χ0) is 13.7. The molecule has 2 aromatic rings. The maximum Gasteiger partial charge on any atom is 0.131 e. The average molecular weight is 277 g/mol. The maximum absolute atomic E-state index is 5.89. The smallest absolute Gasteiger partial charge is 0.131 e. The number of ether oxygens (including phenoxy) is 1. The summed E-state index contributed by atoms with van der Waals surface area (Å²) in [6.45, 7) is 2.13. The Morgan fingerprint density at radius 3 is 2.53 bits per heavy atom. The van der Waals surface area contributed by atoms with Gasteiger partial charge in [0.1, 0.15) is 16.7 Å². The van der Waals surface area contributed by atoms with Crippen LogP contribution in [0.5, 0.6) is 5.75 Å². The number of halogens is 1. The van der Waals surface area contributed by atoms with Crippen LogP contribution in [-0.4, -0.2) is 12.1 Å². The van der Waals surface area contributed by atoms with E-state index in [1.54, 1.807) is 13.2 Å². The Morgan fingerprint density at radius 2 is 1.95 bits per heavy atom. The Balaban J connectivity index is 2.15. The number of nitrogens with zero attached hydrogens (tertiary/aromatic N) is 1. The SMILES string of the molecule is CCC(Nc1cccc(Cl)n1)c1ccc(OC)cc1. The summed E-state index contributed by atoms with van der Waals surface area (Å²) >= 11 is 5.89. The van der Waals surface area contributed by atoms with Crippen molar-refractivity contribution < 1.29 is 4.74 Å². The monoisotopic (exact) mass is 276 g/mol. The topological polar surface area (TPSA) is 34.2 Å². The van der Waals surface area contributed by atoms with Crippen molar-refractivity contribution in [2.75, 3.05) is 12.4 Å². The zero-order valence-electron chi connectivity index (χ0n) is 11.1. The van der Waals surface area contributed by atoms with Crippen molar-refractivity contribution in [3.8, 4) is 5.75 Å². The Morgan fingerprint density at radius 1 is 1.21 bits per heavy atom. The first-order chi connectivity index (χ1) is 9.22. The fraction of sp³-hybridized carbons (Fsp3) is 0.267. The standard InChI is InChI=1S/C15H17ClN2O/c1-3-13(11-7-9-12(19-2)10-8-11)17-15-6-4-5-14(16)18-15/h4-10,13H,3H2,1-2H3,(H,17,18). The molecule has 1 heterocycles. The number of nitrogens with one attached hydrogen (secondary N) is 1. The molecule has 2 rings (SSSR count). The predicted octanol–water partition coefficient (Wildman–Crippen LogP) is 4.31. The molecule has 0 aliphatic carbocycles. The molecule has 0 radical (unpaired) electrons. The second kappa shape index (κ2) is 6.43. The van der Waals surface area contributed by atoms with Crippen molar-refractivity contribution in [2.24, 2.45) is 0 Å². The summed E-state index contributed by atoms with van der Waals surface area (Å²) in [7, 11) is 1.67. The number of benzene rings is 1. The van der Waals surface area contributed by atoms with E-state index in [9.17, 15) is 0 Å². The van der Waals surface area contributed by atoms with E-state index in [2.05, 4.69) is 29.4 Å². The second-order valence-corrected chi connectivity index (χ2v) is 4.61. The van der Waals surface area contributed by atoms with E-state index >= 15 is 0 Å². The third-order valence-electron chi connectivity index (χ3n) is 2.96. The van der Waals surface area contributed by atoms with Crippen molar-refractivity contribution >= 4 is 17.4 Å². The molecule has 0 saturated heterocycles. The Labute approximate surface area is 118 Å². The fourth-order valence-corrected chi connectivity index (χ4v) is 2.09. The van der Waals surface area contributed by atoms with Crippen molar-refractivity contribution in [1.82, 2.24) is 4.98 Å². The normalized spacial score (nSPS) is 11.9. The predicted molar refractivity (Wildman–Crippen MR) is 78.9 cm³/mol. The largest absolute Gasteiger partial charge is 0.497 e. The van der Waals surface area contributed by atoms with Crippen molar-refractivity contribution in [3.63, 3.8) is 0 Å². The van der Waals surface area contributed by atoms with Crippen LogP contribution < -0.4 is 10.1 Å². The molecule has 0 aliphatic heterocycles. The van der Waals surface area contributed by atoms with Crippen LogP contribution in [0.25, 0.3) is 0 Å². The summed E-state index contributed by atoms with van der Waals surface area (Å²) < 4.78 is 5.17. The molecule has 0 saturated carbocycles. The highest BCUT2D eigenvalue weighted by Crippen LogP contribution is 2.24. The highest BCUT2D eigenvalue weighted by atomic mass is 35.5. The molecule has 0 bridgehead atoms. The highest BCUT2D eigenvalue weighted by molar-refractivity contribution is 6.29. The number of anilines is 1. The molecule has 4 heteroatoms. The van der Waals surface area contributed by atoms with E-state index in [1.165, 1.54) is 5.56 Å². The molecular formula is C15H17ClN2O. The van der Waals surface area contributed by atoms with Crippen molar-refractivity contribution in [3.05, 3.63) is 53.2 Å². The van der Waals surface area contributed by atoms with Gasteiger partial charge in [-0.15, -0.1) is 0 Å². The molecule has 1 aromatic carbocycles. The van der Waals surface area contributed by atoms with Crippen molar-refractivity contribution in [2.45, 2.75) is 19.4 Å². The lowest BCUT2D eigenvalue weighted by Gasteiger charge is -2.18. The van der Waals surface area contributed by atoms with Crippen LogP contribution >= 0.6 is 11.6 Å². The van der Waals surface area contributed by atoms with Crippen LogP contribution in [0.4, 0.5) is 5.82 Å². The zero-order valence-corrected chi connectivity index (χ0v) is 11.8. The van der Waals surface area contributed by atoms with Gasteiger partial charge < -0.3 is 10.1 Å². The lowest BCUT2D eigenvalue weighted by molar-refractivity contribution is 0.414. The molecule has 100 valence electrons. The van der Waals surface area contributed by atoms with Crippen LogP contribution in [0.15, 0.2) is 42.5 Å². The van der Waals surface area contributed by atoms with Gasteiger partial charge in [-0.25, -0.2) is 4.98 Å². The number of methoxy groups -OCH3 is 1. The lowest BCUT2D eigenvalue weighted by atomic mass is 10.0. The summed E-state index contributed by atoms with van der Waals surface area (Å²) in [4.78, 5) is 4.25. The van der Waals surface area contributed by atoms with E-state index in [4.69, 9.17) is 16.3 Å². The van der Waals surface area contributed by atoms with E-state index in [0.717, 1.165) is 18.0 Å². The van der Waals surface area contributed by atoms with Gasteiger partial charge in [0.05, 0.1) is 13.2 Å². The van der Waals surface area contributed by atoms with Gasteiger partial charge in [0.25, 0.3) is 0 Å². The summed E-state index contributed by atoms with van der Waals surface area (Å²) in [6, 6.07) is 13.8. The third kappa shape index (κ3) is 3.61. The average Bonchev–Trinajstić information content (AvgIpc) is 2.45. The molecule has 1 N–H and O–H groups in total. The number of hydrogen-bond acceptors (Lipinski definition) is 3. The summed E-state index contributed by atoms with van der Waals surface area (Å²) in [5.41, 5.74) is 1.20. The number of hydrogen-bond donors (Lipinski definition) is 1.